The third-order valence-corrected chi connectivity index (χ3v) is 7.42. The van der Waals surface area contributed by atoms with Crippen molar-refractivity contribution in [2.24, 2.45) is 0 Å². The fourth-order valence-electron chi connectivity index (χ4n) is 4.46. The number of amides is 1. The van der Waals surface area contributed by atoms with Crippen molar-refractivity contribution in [1.29, 1.82) is 0 Å². The van der Waals surface area contributed by atoms with Gasteiger partial charge in [-0.25, -0.2) is 0 Å². The summed E-state index contributed by atoms with van der Waals surface area (Å²) in [5.74, 6) is 2.09. The maximum Gasteiger partial charge on any atom is 0.235 e. The highest BCUT2D eigenvalue weighted by molar-refractivity contribution is 8.00. The Morgan fingerprint density at radius 3 is 2.41 bits per heavy atom. The topological polar surface area (TPSA) is 69.5 Å². The maximum atomic E-state index is 13.3. The van der Waals surface area contributed by atoms with Gasteiger partial charge in [-0.05, 0) is 31.9 Å². The zero-order valence-corrected chi connectivity index (χ0v) is 21.0. The minimum Gasteiger partial charge on any atom is -0.493 e. The van der Waals surface area contributed by atoms with Crippen LogP contribution in [-0.4, -0.2) is 58.1 Å². The van der Waals surface area contributed by atoms with Crippen LogP contribution in [0.2, 0.25) is 0 Å². The van der Waals surface area contributed by atoms with Crippen LogP contribution in [0.15, 0.2) is 53.7 Å². The average molecular weight is 481 g/mol. The number of methoxy groups -OCH3 is 2. The van der Waals surface area contributed by atoms with E-state index in [0.29, 0.717) is 28.5 Å². The van der Waals surface area contributed by atoms with Gasteiger partial charge in [-0.3, -0.25) is 9.36 Å². The number of carbonyl (C=O) groups is 1. The molecule has 1 saturated carbocycles. The molecule has 1 amide bonds. The summed E-state index contributed by atoms with van der Waals surface area (Å²) in [4.78, 5) is 15.2. The molecule has 2 aromatic carbocycles. The van der Waals surface area contributed by atoms with Crippen LogP contribution >= 0.6 is 11.8 Å². The molecule has 0 N–H and O–H groups in total. The molecular formula is C26H32N4O3S. The number of carbonyl (C=O) groups excluding carboxylic acids is 1. The number of nitrogens with zero attached hydrogens (tertiary/aromatic N) is 4. The minimum absolute atomic E-state index is 0.125. The van der Waals surface area contributed by atoms with Gasteiger partial charge in [0.1, 0.15) is 0 Å². The lowest BCUT2D eigenvalue weighted by atomic mass is 9.94. The van der Waals surface area contributed by atoms with Crippen molar-refractivity contribution in [3.8, 4) is 28.6 Å². The molecular weight excluding hydrogens is 448 g/mol. The molecule has 8 heteroatoms. The zero-order chi connectivity index (χ0) is 24.1. The molecule has 34 heavy (non-hydrogen) atoms. The fourth-order valence-corrected chi connectivity index (χ4v) is 5.43. The first-order chi connectivity index (χ1) is 16.5. The quantitative estimate of drug-likeness (QED) is 0.412. The molecule has 3 aromatic rings. The van der Waals surface area contributed by atoms with Gasteiger partial charge in [0, 0.05) is 24.7 Å². The molecule has 0 bridgehead atoms. The van der Waals surface area contributed by atoms with Crippen molar-refractivity contribution in [2.75, 3.05) is 21.3 Å². The second-order valence-corrected chi connectivity index (χ2v) is 9.86. The summed E-state index contributed by atoms with van der Waals surface area (Å²) in [5, 5.41) is 9.36. The molecule has 1 heterocycles. The Labute approximate surface area is 205 Å². The largest absolute Gasteiger partial charge is 0.493 e. The number of thioether (sulfide) groups is 1. The molecule has 7 nitrogen and oxygen atoms in total. The SMILES string of the molecule is COc1ccc(-n2c(S[C@@H](C)C(=O)N(C)C3CCCCC3)nnc2-c2ccccc2)cc1OC. The van der Waals surface area contributed by atoms with Crippen molar-refractivity contribution in [3.63, 3.8) is 0 Å². The van der Waals surface area contributed by atoms with Crippen LogP contribution < -0.4 is 9.47 Å². The van der Waals surface area contributed by atoms with E-state index in [4.69, 9.17) is 9.47 Å². The summed E-state index contributed by atoms with van der Waals surface area (Å²) in [6.07, 6.45) is 5.81. The summed E-state index contributed by atoms with van der Waals surface area (Å²) in [5.41, 5.74) is 1.78. The van der Waals surface area contributed by atoms with Crippen LogP contribution in [0, 0.1) is 0 Å². The van der Waals surface area contributed by atoms with Gasteiger partial charge in [0.25, 0.3) is 0 Å². The molecule has 1 aromatic heterocycles. The maximum absolute atomic E-state index is 13.3. The van der Waals surface area contributed by atoms with Crippen LogP contribution in [0.4, 0.5) is 0 Å². The molecule has 1 atom stereocenters. The Balaban J connectivity index is 1.68. The van der Waals surface area contributed by atoms with Crippen molar-refractivity contribution in [1.82, 2.24) is 19.7 Å². The van der Waals surface area contributed by atoms with E-state index < -0.39 is 0 Å². The number of aromatic nitrogens is 3. The van der Waals surface area contributed by atoms with Gasteiger partial charge in [0.05, 0.1) is 25.2 Å². The Morgan fingerprint density at radius 2 is 1.74 bits per heavy atom. The minimum atomic E-state index is -0.293. The number of rotatable bonds is 8. The van der Waals surface area contributed by atoms with Crippen LogP contribution in [0.1, 0.15) is 39.0 Å². The third kappa shape index (κ3) is 5.06. The van der Waals surface area contributed by atoms with E-state index in [0.717, 1.165) is 24.1 Å². The Bertz CT molecular complexity index is 1110. The first kappa shape index (κ1) is 24.1. The number of hydrogen-bond acceptors (Lipinski definition) is 6. The van der Waals surface area contributed by atoms with Crippen LogP contribution in [0.25, 0.3) is 17.1 Å². The van der Waals surface area contributed by atoms with E-state index in [9.17, 15) is 4.79 Å². The van der Waals surface area contributed by atoms with Gasteiger partial charge in [-0.2, -0.15) is 0 Å². The summed E-state index contributed by atoms with van der Waals surface area (Å²) >= 11 is 1.43. The first-order valence-corrected chi connectivity index (χ1v) is 12.6. The van der Waals surface area contributed by atoms with E-state index in [2.05, 4.69) is 10.2 Å². The highest BCUT2D eigenvalue weighted by Gasteiger charge is 2.28. The second kappa shape index (κ2) is 11.0. The summed E-state index contributed by atoms with van der Waals surface area (Å²) in [7, 11) is 5.16. The van der Waals surface area contributed by atoms with Gasteiger partial charge < -0.3 is 14.4 Å². The molecule has 0 unspecified atom stereocenters. The predicted octanol–water partition coefficient (Wildman–Crippen LogP) is 5.22. The Kier molecular flexibility index (Phi) is 7.77. The lowest BCUT2D eigenvalue weighted by molar-refractivity contribution is -0.131. The Morgan fingerprint density at radius 1 is 1.03 bits per heavy atom. The highest BCUT2D eigenvalue weighted by Crippen LogP contribution is 2.35. The summed E-state index contributed by atoms with van der Waals surface area (Å²) in [6.45, 7) is 1.95. The normalized spacial score (nSPS) is 15.1. The summed E-state index contributed by atoms with van der Waals surface area (Å²) < 4.78 is 12.9. The number of ether oxygens (including phenoxy) is 2. The highest BCUT2D eigenvalue weighted by atomic mass is 32.2. The molecule has 180 valence electrons. The molecule has 1 fully saturated rings. The van der Waals surface area contributed by atoms with Crippen LogP contribution in [0.5, 0.6) is 11.5 Å². The van der Waals surface area contributed by atoms with Crippen molar-refractivity contribution >= 4 is 17.7 Å². The second-order valence-electron chi connectivity index (χ2n) is 8.55. The van der Waals surface area contributed by atoms with Gasteiger partial charge in [-0.1, -0.05) is 61.4 Å². The summed E-state index contributed by atoms with van der Waals surface area (Å²) in [6, 6.07) is 16.0. The van der Waals surface area contributed by atoms with E-state index in [1.54, 1.807) is 14.2 Å². The molecule has 0 saturated heterocycles. The molecule has 0 spiro atoms. The van der Waals surface area contributed by atoms with Crippen molar-refractivity contribution in [2.45, 2.75) is 55.5 Å². The molecule has 0 radical (unpaired) electrons. The fraction of sp³-hybridized carbons (Fsp3) is 0.423. The smallest absolute Gasteiger partial charge is 0.235 e. The number of hydrogen-bond donors (Lipinski definition) is 0. The molecule has 4 rings (SSSR count). The first-order valence-electron chi connectivity index (χ1n) is 11.7. The van der Waals surface area contributed by atoms with Gasteiger partial charge in [0.15, 0.2) is 22.5 Å². The molecule has 1 aliphatic rings. The van der Waals surface area contributed by atoms with Crippen molar-refractivity contribution < 1.29 is 14.3 Å². The van der Waals surface area contributed by atoms with E-state index in [1.807, 2.05) is 72.0 Å². The van der Waals surface area contributed by atoms with Gasteiger partial charge in [-0.15, -0.1) is 10.2 Å². The Hall–Kier alpha value is -3.00. The standard InChI is InChI=1S/C26H32N4O3S/c1-18(25(31)29(2)20-13-9-6-10-14-20)34-26-28-27-24(19-11-7-5-8-12-19)30(26)21-15-16-22(32-3)23(17-21)33-4/h5,7-8,11-12,15-18,20H,6,9-10,13-14H2,1-4H3/t18-/m0/s1. The van der Waals surface area contributed by atoms with E-state index in [-0.39, 0.29) is 11.2 Å². The average Bonchev–Trinajstić information content (AvgIpc) is 3.31. The van der Waals surface area contributed by atoms with Crippen molar-refractivity contribution in [3.05, 3.63) is 48.5 Å². The lowest BCUT2D eigenvalue weighted by Crippen LogP contribution is -2.42. The van der Waals surface area contributed by atoms with Gasteiger partial charge in [0.2, 0.25) is 5.91 Å². The predicted molar refractivity (Wildman–Crippen MR) is 135 cm³/mol. The van der Waals surface area contributed by atoms with Gasteiger partial charge >= 0.3 is 0 Å². The van der Waals surface area contributed by atoms with Crippen LogP contribution in [-0.2, 0) is 4.79 Å². The molecule has 0 aliphatic heterocycles. The molecule has 1 aliphatic carbocycles. The zero-order valence-electron chi connectivity index (χ0n) is 20.2. The van der Waals surface area contributed by atoms with E-state index in [1.165, 1.54) is 31.0 Å². The van der Waals surface area contributed by atoms with Crippen LogP contribution in [0.3, 0.4) is 0 Å². The van der Waals surface area contributed by atoms with E-state index >= 15 is 0 Å². The third-order valence-electron chi connectivity index (χ3n) is 6.39. The monoisotopic (exact) mass is 480 g/mol. The number of benzene rings is 2. The lowest BCUT2D eigenvalue weighted by Gasteiger charge is -2.32.